The molecule has 0 saturated heterocycles. The Kier molecular flexibility index (Phi) is 5.05. The number of ether oxygens (including phenoxy) is 1. The van der Waals surface area contributed by atoms with E-state index in [1.54, 1.807) is 13.0 Å². The lowest BCUT2D eigenvalue weighted by Crippen LogP contribution is -2.17. The molecule has 0 aliphatic carbocycles. The number of anilines is 1. The fourth-order valence-corrected chi connectivity index (χ4v) is 2.30. The van der Waals surface area contributed by atoms with Crippen LogP contribution in [0.4, 0.5) is 10.1 Å². The average Bonchev–Trinajstić information content (AvgIpc) is 2.38. The van der Waals surface area contributed by atoms with Gasteiger partial charge in [-0.05, 0) is 6.42 Å². The van der Waals surface area contributed by atoms with Crippen LogP contribution in [0.15, 0.2) is 5.70 Å². The number of carbonyl (C=O) groups excluding carboxylic acids is 1. The van der Waals surface area contributed by atoms with Gasteiger partial charge in [0, 0.05) is 5.56 Å². The molecule has 4 nitrogen and oxygen atoms in total. The highest BCUT2D eigenvalue weighted by molar-refractivity contribution is 6.81. The van der Waals surface area contributed by atoms with E-state index in [9.17, 15) is 9.18 Å². The third kappa shape index (κ3) is 3.66. The van der Waals surface area contributed by atoms with Gasteiger partial charge in [-0.25, -0.2) is 14.2 Å². The lowest BCUT2D eigenvalue weighted by atomic mass is 10.1. The number of nitrogen functional groups attached to an aromatic ring is 1. The van der Waals surface area contributed by atoms with Gasteiger partial charge in [0.1, 0.15) is 0 Å². The van der Waals surface area contributed by atoms with E-state index in [2.05, 4.69) is 24.6 Å². The molecule has 110 valence electrons. The molecule has 20 heavy (non-hydrogen) atoms. The Bertz CT molecular complexity index is 551. The van der Waals surface area contributed by atoms with Gasteiger partial charge in [0.25, 0.3) is 0 Å². The van der Waals surface area contributed by atoms with Crippen LogP contribution in [0, 0.1) is 5.82 Å². The molecular formula is C14H21FN2O2Si. The number of hydrogen-bond donors (Lipinski definition) is 1. The van der Waals surface area contributed by atoms with Gasteiger partial charge in [0.2, 0.25) is 0 Å². The number of pyridine rings is 1. The van der Waals surface area contributed by atoms with E-state index < -0.39 is 19.9 Å². The molecule has 0 atom stereocenters. The van der Waals surface area contributed by atoms with Crippen LogP contribution in [-0.2, 0) is 11.2 Å². The predicted molar refractivity (Wildman–Crippen MR) is 81.7 cm³/mol. The summed E-state index contributed by atoms with van der Waals surface area (Å²) in [6, 6.07) is 0. The van der Waals surface area contributed by atoms with Crippen LogP contribution in [0.5, 0.6) is 0 Å². The number of methoxy groups -OCH3 is 1. The summed E-state index contributed by atoms with van der Waals surface area (Å²) in [7, 11) is -0.244. The molecule has 1 rings (SSSR count). The van der Waals surface area contributed by atoms with E-state index in [4.69, 9.17) is 10.5 Å². The van der Waals surface area contributed by atoms with Crippen molar-refractivity contribution in [2.45, 2.75) is 33.0 Å². The first-order valence-corrected chi connectivity index (χ1v) is 10.0. The van der Waals surface area contributed by atoms with Gasteiger partial charge in [-0.1, -0.05) is 38.3 Å². The van der Waals surface area contributed by atoms with Gasteiger partial charge in [0.05, 0.1) is 26.6 Å². The Morgan fingerprint density at radius 3 is 2.50 bits per heavy atom. The number of rotatable bonds is 4. The molecule has 0 aromatic carbocycles. The van der Waals surface area contributed by atoms with E-state index >= 15 is 0 Å². The summed E-state index contributed by atoms with van der Waals surface area (Å²) >= 11 is 0. The Balaban J connectivity index is 3.51. The fraction of sp³-hybridized carbons (Fsp3) is 0.429. The number of aryl methyl sites for hydroxylation is 1. The first-order valence-electron chi connectivity index (χ1n) is 6.46. The van der Waals surface area contributed by atoms with Crippen molar-refractivity contribution in [3.8, 4) is 0 Å². The number of halogens is 1. The normalized spacial score (nSPS) is 11.9. The molecule has 6 heteroatoms. The minimum atomic E-state index is -1.51. The van der Waals surface area contributed by atoms with Crippen LogP contribution in [0.25, 0.3) is 6.08 Å². The molecule has 0 amide bonds. The Morgan fingerprint density at radius 2 is 2.05 bits per heavy atom. The lowest BCUT2D eigenvalue weighted by Gasteiger charge is -2.13. The van der Waals surface area contributed by atoms with Crippen LogP contribution < -0.4 is 5.73 Å². The van der Waals surface area contributed by atoms with Crippen LogP contribution in [0.2, 0.25) is 19.6 Å². The Labute approximate surface area is 119 Å². The summed E-state index contributed by atoms with van der Waals surface area (Å²) in [4.78, 5) is 15.9. The van der Waals surface area contributed by atoms with Gasteiger partial charge >= 0.3 is 5.97 Å². The van der Waals surface area contributed by atoms with Crippen molar-refractivity contribution in [3.05, 3.63) is 28.5 Å². The highest BCUT2D eigenvalue weighted by Gasteiger charge is 2.21. The van der Waals surface area contributed by atoms with Crippen molar-refractivity contribution in [2.75, 3.05) is 12.8 Å². The second-order valence-electron chi connectivity index (χ2n) is 5.59. The van der Waals surface area contributed by atoms with Crippen molar-refractivity contribution in [2.24, 2.45) is 0 Å². The highest BCUT2D eigenvalue weighted by Crippen LogP contribution is 2.25. The number of esters is 1. The monoisotopic (exact) mass is 296 g/mol. The summed E-state index contributed by atoms with van der Waals surface area (Å²) in [6.45, 7) is 8.13. The van der Waals surface area contributed by atoms with Gasteiger partial charge in [-0.15, -0.1) is 0 Å². The SMILES string of the molecule is CCc1nc(C(=O)OC)c(C=C[Si](C)(C)C)c(N)c1F. The molecule has 0 spiro atoms. The molecule has 1 aromatic rings. The number of nitrogens with two attached hydrogens (primary N) is 1. The quantitative estimate of drug-likeness (QED) is 0.685. The molecule has 0 fully saturated rings. The molecule has 0 radical (unpaired) electrons. The summed E-state index contributed by atoms with van der Waals surface area (Å²) in [5, 5.41) is 0. The number of hydrogen-bond acceptors (Lipinski definition) is 4. The number of nitrogens with zero attached hydrogens (tertiary/aromatic N) is 1. The highest BCUT2D eigenvalue weighted by atomic mass is 28.3. The molecular weight excluding hydrogens is 275 g/mol. The van der Waals surface area contributed by atoms with Gasteiger partial charge in [0.15, 0.2) is 11.5 Å². The summed E-state index contributed by atoms with van der Waals surface area (Å²) in [5.41, 5.74) is 8.30. The van der Waals surface area contributed by atoms with Crippen molar-refractivity contribution in [1.82, 2.24) is 4.98 Å². The van der Waals surface area contributed by atoms with Crippen LogP contribution >= 0.6 is 0 Å². The maximum Gasteiger partial charge on any atom is 0.357 e. The maximum absolute atomic E-state index is 14.1. The molecule has 2 N–H and O–H groups in total. The molecule has 1 heterocycles. The van der Waals surface area contributed by atoms with Crippen LogP contribution in [-0.4, -0.2) is 26.1 Å². The van der Waals surface area contributed by atoms with E-state index in [1.807, 2.05) is 5.70 Å². The van der Waals surface area contributed by atoms with Crippen molar-refractivity contribution in [3.63, 3.8) is 0 Å². The minimum Gasteiger partial charge on any atom is -0.464 e. The average molecular weight is 296 g/mol. The van der Waals surface area contributed by atoms with Crippen molar-refractivity contribution >= 4 is 25.8 Å². The second-order valence-corrected chi connectivity index (χ2v) is 10.7. The zero-order valence-corrected chi connectivity index (χ0v) is 13.6. The number of carbonyl (C=O) groups is 1. The molecule has 0 saturated carbocycles. The third-order valence-corrected chi connectivity index (χ3v) is 3.91. The molecule has 1 aromatic heterocycles. The Hall–Kier alpha value is -1.69. The standard InChI is InChI=1S/C14H21FN2O2Si/c1-6-10-11(15)12(16)9(7-8-20(3,4)5)13(17-10)14(18)19-2/h7-8H,6H2,1-5H3,(H2,16,17). The summed E-state index contributed by atoms with van der Waals surface area (Å²) in [5.74, 6) is -1.17. The van der Waals surface area contributed by atoms with Crippen LogP contribution in [0.1, 0.15) is 28.7 Å². The summed E-state index contributed by atoms with van der Waals surface area (Å²) < 4.78 is 18.8. The van der Waals surface area contributed by atoms with E-state index in [0.717, 1.165) is 0 Å². The third-order valence-electron chi connectivity index (χ3n) is 2.75. The smallest absolute Gasteiger partial charge is 0.357 e. The number of aromatic nitrogens is 1. The molecule has 0 unspecified atom stereocenters. The van der Waals surface area contributed by atoms with E-state index in [-0.39, 0.29) is 17.1 Å². The first kappa shape index (κ1) is 16.4. The van der Waals surface area contributed by atoms with Gasteiger partial charge < -0.3 is 10.5 Å². The minimum absolute atomic E-state index is 0.0493. The zero-order chi connectivity index (χ0) is 15.5. The van der Waals surface area contributed by atoms with E-state index in [0.29, 0.717) is 12.0 Å². The lowest BCUT2D eigenvalue weighted by molar-refractivity contribution is 0.0593. The zero-order valence-electron chi connectivity index (χ0n) is 12.6. The Morgan fingerprint density at radius 1 is 1.45 bits per heavy atom. The fourth-order valence-electron chi connectivity index (χ4n) is 1.63. The van der Waals surface area contributed by atoms with Crippen molar-refractivity contribution < 1.29 is 13.9 Å². The molecule has 0 bridgehead atoms. The van der Waals surface area contributed by atoms with Crippen molar-refractivity contribution in [1.29, 1.82) is 0 Å². The summed E-state index contributed by atoms with van der Waals surface area (Å²) in [6.07, 6.45) is 2.04. The largest absolute Gasteiger partial charge is 0.464 e. The first-order chi connectivity index (χ1) is 9.21. The predicted octanol–water partition coefficient (Wildman–Crippen LogP) is 3.04. The van der Waals surface area contributed by atoms with Crippen LogP contribution in [0.3, 0.4) is 0 Å². The second kappa shape index (κ2) is 6.17. The van der Waals surface area contributed by atoms with E-state index in [1.165, 1.54) is 7.11 Å². The molecule has 0 aliphatic rings. The topological polar surface area (TPSA) is 65.2 Å². The molecule has 0 aliphatic heterocycles. The van der Waals surface area contributed by atoms with Gasteiger partial charge in [-0.2, -0.15) is 0 Å². The maximum atomic E-state index is 14.1. The van der Waals surface area contributed by atoms with Gasteiger partial charge in [-0.3, -0.25) is 0 Å².